The summed E-state index contributed by atoms with van der Waals surface area (Å²) in [4.78, 5) is 6.74. The quantitative estimate of drug-likeness (QED) is 0.263. The van der Waals surface area contributed by atoms with Crippen molar-refractivity contribution in [2.45, 2.75) is 25.8 Å². The van der Waals surface area contributed by atoms with Gasteiger partial charge in [-0.15, -0.1) is 24.0 Å². The Morgan fingerprint density at radius 1 is 1.38 bits per heavy atom. The van der Waals surface area contributed by atoms with Crippen molar-refractivity contribution in [2.75, 3.05) is 46.9 Å². The molecule has 0 amide bonds. The maximum Gasteiger partial charge on any atom is 0.191 e. The van der Waals surface area contributed by atoms with Crippen LogP contribution >= 0.6 is 35.6 Å². The SMILES string of the molecule is CCOCCNC(=NC)NCC1CCCN(C)C1c1cccc(Cl)c1.I. The van der Waals surface area contributed by atoms with Crippen LogP contribution in [0.15, 0.2) is 29.3 Å². The average Bonchev–Trinajstić information content (AvgIpc) is 2.61. The maximum absolute atomic E-state index is 6.22. The summed E-state index contributed by atoms with van der Waals surface area (Å²) in [6, 6.07) is 8.63. The second kappa shape index (κ2) is 12.8. The lowest BCUT2D eigenvalue weighted by Gasteiger charge is -2.40. The van der Waals surface area contributed by atoms with Crippen LogP contribution in [0.1, 0.15) is 31.4 Å². The summed E-state index contributed by atoms with van der Waals surface area (Å²) in [5.74, 6) is 1.35. The molecule has 7 heteroatoms. The van der Waals surface area contributed by atoms with E-state index in [0.29, 0.717) is 18.6 Å². The molecular weight excluding hydrogens is 463 g/mol. The second-order valence-electron chi connectivity index (χ2n) is 6.46. The first-order valence-corrected chi connectivity index (χ1v) is 9.51. The van der Waals surface area contributed by atoms with E-state index >= 15 is 0 Å². The molecule has 0 radical (unpaired) electrons. The molecule has 0 spiro atoms. The Labute approximate surface area is 179 Å². The highest BCUT2D eigenvalue weighted by Gasteiger charge is 2.30. The van der Waals surface area contributed by atoms with Crippen LogP contribution in [0.5, 0.6) is 0 Å². The summed E-state index contributed by atoms with van der Waals surface area (Å²) in [6.07, 6.45) is 2.42. The van der Waals surface area contributed by atoms with Crippen LogP contribution < -0.4 is 10.6 Å². The van der Waals surface area contributed by atoms with Crippen molar-refractivity contribution in [3.8, 4) is 0 Å². The van der Waals surface area contributed by atoms with Gasteiger partial charge in [0, 0.05) is 37.8 Å². The predicted octanol–water partition coefficient (Wildman–Crippen LogP) is 3.54. The van der Waals surface area contributed by atoms with Crippen molar-refractivity contribution in [1.29, 1.82) is 0 Å². The van der Waals surface area contributed by atoms with Crippen molar-refractivity contribution in [2.24, 2.45) is 10.9 Å². The molecule has 1 aromatic rings. The second-order valence-corrected chi connectivity index (χ2v) is 6.90. The van der Waals surface area contributed by atoms with E-state index in [9.17, 15) is 0 Å². The lowest BCUT2D eigenvalue weighted by molar-refractivity contribution is 0.122. The summed E-state index contributed by atoms with van der Waals surface area (Å²) in [7, 11) is 4.00. The topological polar surface area (TPSA) is 48.9 Å². The molecule has 0 aliphatic carbocycles. The number of ether oxygens (including phenoxy) is 1. The number of hydrogen-bond acceptors (Lipinski definition) is 3. The van der Waals surface area contributed by atoms with Crippen LogP contribution in [-0.2, 0) is 4.74 Å². The highest BCUT2D eigenvalue weighted by atomic mass is 127. The van der Waals surface area contributed by atoms with Gasteiger partial charge in [0.2, 0.25) is 0 Å². The van der Waals surface area contributed by atoms with Gasteiger partial charge in [-0.3, -0.25) is 9.89 Å². The molecule has 1 heterocycles. The number of nitrogens with zero attached hydrogens (tertiary/aromatic N) is 2. The van der Waals surface area contributed by atoms with Gasteiger partial charge in [-0.25, -0.2) is 0 Å². The first-order chi connectivity index (χ1) is 12.2. The number of halogens is 2. The third kappa shape index (κ3) is 7.21. The Balaban J connectivity index is 0.00000338. The van der Waals surface area contributed by atoms with E-state index in [-0.39, 0.29) is 24.0 Å². The standard InChI is InChI=1S/C19H31ClN4O.HI/c1-4-25-12-10-22-19(21-2)23-14-16-8-6-11-24(3)18(16)15-7-5-9-17(20)13-15;/h5,7,9,13,16,18H,4,6,8,10-12,14H2,1-3H3,(H2,21,22,23);1H. The molecule has 2 atom stereocenters. The van der Waals surface area contributed by atoms with Gasteiger partial charge in [0.1, 0.15) is 0 Å². The lowest BCUT2D eigenvalue weighted by Crippen LogP contribution is -2.45. The van der Waals surface area contributed by atoms with Crippen LogP contribution in [0.2, 0.25) is 5.02 Å². The van der Waals surface area contributed by atoms with Crippen LogP contribution in [0.4, 0.5) is 0 Å². The Kier molecular flexibility index (Phi) is 11.5. The molecule has 1 fully saturated rings. The van der Waals surface area contributed by atoms with Crippen LogP contribution in [-0.4, -0.2) is 57.8 Å². The maximum atomic E-state index is 6.22. The van der Waals surface area contributed by atoms with E-state index in [1.54, 1.807) is 7.05 Å². The smallest absolute Gasteiger partial charge is 0.191 e. The van der Waals surface area contributed by atoms with Gasteiger partial charge in [-0.2, -0.15) is 0 Å². The molecule has 2 rings (SSSR count). The minimum absolute atomic E-state index is 0. The summed E-state index contributed by atoms with van der Waals surface area (Å²) in [6.45, 7) is 6.20. The van der Waals surface area contributed by atoms with Crippen molar-refractivity contribution >= 4 is 41.5 Å². The van der Waals surface area contributed by atoms with Crippen molar-refractivity contribution in [3.63, 3.8) is 0 Å². The fraction of sp³-hybridized carbons (Fsp3) is 0.632. The van der Waals surface area contributed by atoms with Crippen molar-refractivity contribution in [1.82, 2.24) is 15.5 Å². The zero-order valence-corrected chi connectivity index (χ0v) is 19.1. The van der Waals surface area contributed by atoms with Gasteiger partial charge < -0.3 is 15.4 Å². The molecule has 1 aliphatic heterocycles. The molecule has 26 heavy (non-hydrogen) atoms. The average molecular weight is 495 g/mol. The third-order valence-corrected chi connectivity index (χ3v) is 4.93. The Morgan fingerprint density at radius 2 is 2.19 bits per heavy atom. The van der Waals surface area contributed by atoms with Gasteiger partial charge in [0.25, 0.3) is 0 Å². The first-order valence-electron chi connectivity index (χ1n) is 9.13. The molecular formula is C19H32ClIN4O. The molecule has 0 bridgehead atoms. The predicted molar refractivity (Wildman–Crippen MR) is 121 cm³/mol. The molecule has 0 saturated carbocycles. The number of piperidine rings is 1. The van der Waals surface area contributed by atoms with Gasteiger partial charge in [0.15, 0.2) is 5.96 Å². The minimum atomic E-state index is 0. The Morgan fingerprint density at radius 3 is 2.88 bits per heavy atom. The highest BCUT2D eigenvalue weighted by Crippen LogP contribution is 2.35. The number of rotatable bonds is 7. The highest BCUT2D eigenvalue weighted by molar-refractivity contribution is 14.0. The largest absolute Gasteiger partial charge is 0.380 e. The van der Waals surface area contributed by atoms with E-state index in [0.717, 1.165) is 37.2 Å². The number of likely N-dealkylation sites (tertiary alicyclic amines) is 1. The van der Waals surface area contributed by atoms with Crippen LogP contribution in [0.3, 0.4) is 0 Å². The summed E-state index contributed by atoms with van der Waals surface area (Å²) in [5, 5.41) is 7.57. The number of guanidine groups is 1. The normalized spacial score (nSPS) is 21.2. The van der Waals surface area contributed by atoms with E-state index in [4.69, 9.17) is 16.3 Å². The fourth-order valence-corrected chi connectivity index (χ4v) is 3.72. The van der Waals surface area contributed by atoms with E-state index in [1.165, 1.54) is 18.4 Å². The van der Waals surface area contributed by atoms with Gasteiger partial charge >= 0.3 is 0 Å². The molecule has 0 aromatic heterocycles. The van der Waals surface area contributed by atoms with Gasteiger partial charge in [0.05, 0.1) is 6.61 Å². The van der Waals surface area contributed by atoms with Crippen molar-refractivity contribution in [3.05, 3.63) is 34.9 Å². The summed E-state index contributed by atoms with van der Waals surface area (Å²) < 4.78 is 5.36. The fourth-order valence-electron chi connectivity index (χ4n) is 3.52. The van der Waals surface area contributed by atoms with Gasteiger partial charge in [-0.1, -0.05) is 23.7 Å². The number of hydrogen-bond donors (Lipinski definition) is 2. The van der Waals surface area contributed by atoms with E-state index in [2.05, 4.69) is 39.7 Å². The third-order valence-electron chi connectivity index (χ3n) is 4.70. The lowest BCUT2D eigenvalue weighted by atomic mass is 9.85. The van der Waals surface area contributed by atoms with E-state index < -0.39 is 0 Å². The van der Waals surface area contributed by atoms with Crippen molar-refractivity contribution < 1.29 is 4.74 Å². The van der Waals surface area contributed by atoms with Gasteiger partial charge in [-0.05, 0) is 57.0 Å². The monoisotopic (exact) mass is 494 g/mol. The molecule has 1 saturated heterocycles. The van der Waals surface area contributed by atoms with Crippen LogP contribution in [0.25, 0.3) is 0 Å². The minimum Gasteiger partial charge on any atom is -0.380 e. The number of nitrogens with one attached hydrogen (secondary N) is 2. The molecule has 1 aliphatic rings. The molecule has 5 nitrogen and oxygen atoms in total. The first kappa shape index (κ1) is 23.5. The molecule has 2 N–H and O–H groups in total. The number of benzene rings is 1. The Hall–Kier alpha value is -0.570. The molecule has 148 valence electrons. The molecule has 1 aromatic carbocycles. The Bertz CT molecular complexity index is 558. The molecule has 2 unspecified atom stereocenters. The summed E-state index contributed by atoms with van der Waals surface area (Å²) in [5.41, 5.74) is 1.29. The zero-order chi connectivity index (χ0) is 18.1. The number of aliphatic imine (C=N–C) groups is 1. The van der Waals surface area contributed by atoms with Crippen LogP contribution in [0, 0.1) is 5.92 Å². The summed E-state index contributed by atoms with van der Waals surface area (Å²) >= 11 is 6.22. The van der Waals surface area contributed by atoms with E-state index in [1.807, 2.05) is 19.1 Å². The zero-order valence-electron chi connectivity index (χ0n) is 16.0.